The van der Waals surface area contributed by atoms with E-state index < -0.39 is 17.6 Å². The van der Waals surface area contributed by atoms with E-state index in [-0.39, 0.29) is 17.6 Å². The van der Waals surface area contributed by atoms with Gasteiger partial charge >= 0.3 is 6.09 Å². The van der Waals surface area contributed by atoms with Gasteiger partial charge in [0.2, 0.25) is 0 Å². The molecule has 0 aliphatic carbocycles. The Kier molecular flexibility index (Phi) is 7.60. The lowest BCUT2D eigenvalue weighted by atomic mass is 9.95. The fourth-order valence-electron chi connectivity index (χ4n) is 4.99. The zero-order valence-electron chi connectivity index (χ0n) is 22.9. The van der Waals surface area contributed by atoms with Crippen LogP contribution in [0.3, 0.4) is 0 Å². The number of fused-ring (bicyclic) bond motifs is 3. The molecule has 8 nitrogen and oxygen atoms in total. The summed E-state index contributed by atoms with van der Waals surface area (Å²) in [5.41, 5.74) is 2.44. The minimum atomic E-state index is -0.655. The maximum Gasteiger partial charge on any atom is 0.412 e. The highest BCUT2D eigenvalue weighted by Gasteiger charge is 2.35. The highest BCUT2D eigenvalue weighted by molar-refractivity contribution is 6.19. The van der Waals surface area contributed by atoms with Gasteiger partial charge < -0.3 is 20.1 Å². The number of nitrogens with zero attached hydrogens (tertiary/aromatic N) is 1. The summed E-state index contributed by atoms with van der Waals surface area (Å²) in [7, 11) is 0. The van der Waals surface area contributed by atoms with Crippen LogP contribution in [0.1, 0.15) is 53.0 Å². The highest BCUT2D eigenvalue weighted by Crippen LogP contribution is 2.45. The zero-order valence-corrected chi connectivity index (χ0v) is 23.7. The first-order chi connectivity index (χ1) is 19.5. The maximum atomic E-state index is 13.7. The summed E-state index contributed by atoms with van der Waals surface area (Å²) in [6.45, 7) is 5.67. The zero-order chi connectivity index (χ0) is 29.3. The first-order valence-corrected chi connectivity index (χ1v) is 13.7. The van der Waals surface area contributed by atoms with Crippen LogP contribution in [0.25, 0.3) is 10.8 Å². The van der Waals surface area contributed by atoms with Crippen LogP contribution in [0.2, 0.25) is 0 Å². The fourth-order valence-corrected chi connectivity index (χ4v) is 5.25. The molecule has 4 aromatic rings. The van der Waals surface area contributed by atoms with Gasteiger partial charge in [0, 0.05) is 52.3 Å². The molecule has 1 aliphatic heterocycles. The Balaban J connectivity index is 1.35. The molecule has 4 aromatic carbocycles. The topological polar surface area (TPSA) is 108 Å². The number of rotatable bonds is 5. The van der Waals surface area contributed by atoms with Gasteiger partial charge in [0.1, 0.15) is 11.4 Å². The Morgan fingerprint density at radius 3 is 2.22 bits per heavy atom. The third kappa shape index (κ3) is 5.98. The molecule has 0 aromatic heterocycles. The van der Waals surface area contributed by atoms with Crippen molar-refractivity contribution in [1.82, 2.24) is 0 Å². The third-order valence-electron chi connectivity index (χ3n) is 6.71. The Labute approximate surface area is 242 Å². The average Bonchev–Trinajstić information content (AvgIpc) is 3.30. The second-order valence-electron chi connectivity index (χ2n) is 10.9. The predicted molar refractivity (Wildman–Crippen MR) is 161 cm³/mol. The molecule has 0 unspecified atom stereocenters. The maximum absolute atomic E-state index is 13.7. The number of alkyl halides is 1. The SMILES string of the molecule is CC(C)(C)OC(=O)Nc1cccc(C(=O)Nc2cccc(C(=O)N3C[C@@H](CCl)c4c3cc(O)c3ccccc43)c2)c1. The van der Waals surface area contributed by atoms with Crippen molar-refractivity contribution in [3.8, 4) is 5.75 Å². The van der Waals surface area contributed by atoms with Crippen molar-refractivity contribution < 1.29 is 24.2 Å². The Morgan fingerprint density at radius 1 is 0.902 bits per heavy atom. The van der Waals surface area contributed by atoms with Crippen LogP contribution in [0, 0.1) is 0 Å². The van der Waals surface area contributed by atoms with Crippen LogP contribution in [-0.4, -0.2) is 41.0 Å². The van der Waals surface area contributed by atoms with Crippen molar-refractivity contribution in [2.45, 2.75) is 32.3 Å². The molecule has 3 amide bonds. The molecule has 9 heteroatoms. The highest BCUT2D eigenvalue weighted by atomic mass is 35.5. The number of phenolic OH excluding ortho intramolecular Hbond substituents is 1. The van der Waals surface area contributed by atoms with Gasteiger partial charge in [0.15, 0.2) is 0 Å². The van der Waals surface area contributed by atoms with Gasteiger partial charge in [-0.25, -0.2) is 4.79 Å². The molecule has 0 fully saturated rings. The van der Waals surface area contributed by atoms with Gasteiger partial charge in [-0.2, -0.15) is 0 Å². The summed E-state index contributed by atoms with van der Waals surface area (Å²) in [5.74, 6) is -0.355. The number of halogens is 1. The van der Waals surface area contributed by atoms with Crippen molar-refractivity contribution >= 4 is 57.3 Å². The predicted octanol–water partition coefficient (Wildman–Crippen LogP) is 7.13. The third-order valence-corrected chi connectivity index (χ3v) is 7.09. The minimum absolute atomic E-state index is 0.0921. The van der Waals surface area contributed by atoms with Gasteiger partial charge in [0.25, 0.3) is 11.8 Å². The number of hydrogen-bond donors (Lipinski definition) is 3. The summed E-state index contributed by atoms with van der Waals surface area (Å²) in [5, 5.41) is 17.7. The number of carbonyl (C=O) groups excluding carboxylic acids is 3. The van der Waals surface area contributed by atoms with E-state index in [0.29, 0.717) is 46.0 Å². The summed E-state index contributed by atoms with van der Waals surface area (Å²) >= 11 is 6.32. The van der Waals surface area contributed by atoms with Gasteiger partial charge in [-0.15, -0.1) is 11.6 Å². The molecule has 0 saturated carbocycles. The number of phenols is 1. The Morgan fingerprint density at radius 2 is 1.54 bits per heavy atom. The van der Waals surface area contributed by atoms with E-state index in [9.17, 15) is 19.5 Å². The molecule has 1 atom stereocenters. The summed E-state index contributed by atoms with van der Waals surface area (Å²) in [6.07, 6.45) is -0.623. The van der Waals surface area contributed by atoms with E-state index in [0.717, 1.165) is 10.9 Å². The standard InChI is InChI=1S/C32H30ClN3O5/c1-32(2,3)41-31(40)35-23-11-6-8-19(14-23)29(38)34-22-10-7-9-20(15-22)30(39)36-18-21(17-33)28-25-13-5-4-12-24(25)27(37)16-26(28)36/h4-16,21,37H,17-18H2,1-3H3,(H,34,38)(H,35,40)/t21-/m1/s1. The lowest BCUT2D eigenvalue weighted by molar-refractivity contribution is 0.0635. The van der Waals surface area contributed by atoms with E-state index in [1.165, 1.54) is 0 Å². The molecule has 0 saturated heterocycles. The molecule has 0 spiro atoms. The molecule has 5 rings (SSSR count). The molecule has 1 aliphatic rings. The number of nitrogens with one attached hydrogen (secondary N) is 2. The van der Waals surface area contributed by atoms with Crippen LogP contribution >= 0.6 is 11.6 Å². The number of carbonyl (C=O) groups is 3. The second kappa shape index (κ2) is 11.1. The lowest BCUT2D eigenvalue weighted by Crippen LogP contribution is -2.30. The van der Waals surface area contributed by atoms with Crippen LogP contribution in [-0.2, 0) is 4.74 Å². The smallest absolute Gasteiger partial charge is 0.412 e. The van der Waals surface area contributed by atoms with Gasteiger partial charge in [-0.1, -0.05) is 36.4 Å². The van der Waals surface area contributed by atoms with E-state index in [4.69, 9.17) is 16.3 Å². The van der Waals surface area contributed by atoms with Crippen LogP contribution < -0.4 is 15.5 Å². The van der Waals surface area contributed by atoms with E-state index in [1.54, 1.807) is 80.3 Å². The van der Waals surface area contributed by atoms with E-state index in [1.807, 2.05) is 24.3 Å². The van der Waals surface area contributed by atoms with Crippen molar-refractivity contribution in [2.24, 2.45) is 0 Å². The van der Waals surface area contributed by atoms with Crippen LogP contribution in [0.5, 0.6) is 5.75 Å². The molecule has 41 heavy (non-hydrogen) atoms. The van der Waals surface area contributed by atoms with Gasteiger partial charge in [0.05, 0.1) is 5.69 Å². The first-order valence-electron chi connectivity index (χ1n) is 13.2. The first kappa shape index (κ1) is 28.0. The Hall–Kier alpha value is -4.56. The summed E-state index contributed by atoms with van der Waals surface area (Å²) in [6, 6.07) is 22.3. The van der Waals surface area contributed by atoms with Crippen molar-refractivity contribution in [1.29, 1.82) is 0 Å². The molecular formula is C32H30ClN3O5. The molecule has 210 valence electrons. The van der Waals surface area contributed by atoms with Crippen molar-refractivity contribution in [2.75, 3.05) is 28.0 Å². The lowest BCUT2D eigenvalue weighted by Gasteiger charge is -2.20. The quantitative estimate of drug-likeness (QED) is 0.221. The molecule has 0 bridgehead atoms. The molecule has 3 N–H and O–H groups in total. The second-order valence-corrected chi connectivity index (χ2v) is 11.2. The molecule has 1 heterocycles. The van der Waals surface area contributed by atoms with Gasteiger partial charge in [-0.05, 0) is 68.1 Å². The van der Waals surface area contributed by atoms with Gasteiger partial charge in [-0.3, -0.25) is 14.9 Å². The van der Waals surface area contributed by atoms with Crippen molar-refractivity contribution in [3.05, 3.63) is 95.6 Å². The number of anilines is 3. The molecular weight excluding hydrogens is 542 g/mol. The number of ether oxygens (including phenoxy) is 1. The summed E-state index contributed by atoms with van der Waals surface area (Å²) in [4.78, 5) is 40.5. The number of benzene rings is 4. The number of hydrogen-bond acceptors (Lipinski definition) is 5. The fraction of sp³-hybridized carbons (Fsp3) is 0.219. The Bertz CT molecular complexity index is 1660. The van der Waals surface area contributed by atoms with E-state index >= 15 is 0 Å². The number of amides is 3. The average molecular weight is 572 g/mol. The largest absolute Gasteiger partial charge is 0.507 e. The van der Waals surface area contributed by atoms with Crippen molar-refractivity contribution in [3.63, 3.8) is 0 Å². The minimum Gasteiger partial charge on any atom is -0.507 e. The normalized spacial score (nSPS) is 14.4. The van der Waals surface area contributed by atoms with Crippen LogP contribution in [0.15, 0.2) is 78.9 Å². The summed E-state index contributed by atoms with van der Waals surface area (Å²) < 4.78 is 5.27. The molecule has 0 radical (unpaired) electrons. The van der Waals surface area contributed by atoms with E-state index in [2.05, 4.69) is 10.6 Å². The number of aromatic hydroxyl groups is 1. The van der Waals surface area contributed by atoms with Crippen LogP contribution in [0.4, 0.5) is 21.9 Å². The monoisotopic (exact) mass is 571 g/mol.